The van der Waals surface area contributed by atoms with Crippen LogP contribution in [-0.2, 0) is 0 Å². The van der Waals surface area contributed by atoms with Gasteiger partial charge in [0, 0.05) is 5.38 Å². The van der Waals surface area contributed by atoms with Crippen LogP contribution in [0.15, 0.2) is 5.38 Å². The largest absolute Gasteiger partial charge is 0.139 e. The van der Waals surface area contributed by atoms with E-state index in [0.29, 0.717) is 0 Å². The van der Waals surface area contributed by atoms with E-state index >= 15 is 0 Å². The third-order valence-electron chi connectivity index (χ3n) is 0.377. The molecule has 1 aromatic heterocycles. The van der Waals surface area contributed by atoms with Gasteiger partial charge in [0.1, 0.15) is 0 Å². The van der Waals surface area contributed by atoms with Gasteiger partial charge in [-0.3, -0.25) is 0 Å². The van der Waals surface area contributed by atoms with Crippen molar-refractivity contribution in [2.45, 2.75) is 0 Å². The molecule has 1 atom stereocenters. The summed E-state index contributed by atoms with van der Waals surface area (Å²) >= 11 is 1.36. The number of rotatable bonds is 0. The second kappa shape index (κ2) is 1.63. The van der Waals surface area contributed by atoms with Gasteiger partial charge in [-0.1, -0.05) is 13.7 Å². The van der Waals surface area contributed by atoms with Crippen molar-refractivity contribution in [1.82, 2.24) is 9.59 Å². The molecule has 6 heavy (non-hydrogen) atoms. The lowest BCUT2D eigenvalue weighted by atomic mass is 11.0. The molecule has 0 radical (unpaired) electrons. The van der Waals surface area contributed by atoms with Crippen LogP contribution >= 0.6 is 20.8 Å². The summed E-state index contributed by atoms with van der Waals surface area (Å²) < 4.78 is 3.59. The van der Waals surface area contributed by atoms with Gasteiger partial charge >= 0.3 is 0 Å². The number of aromatic nitrogens is 2. The first-order valence-electron chi connectivity index (χ1n) is 1.42. The number of nitrogens with zero attached hydrogens (tertiary/aromatic N) is 2. The molecule has 1 unspecified atom stereocenters. The third-order valence-corrected chi connectivity index (χ3v) is 1.42. The van der Waals surface area contributed by atoms with Crippen LogP contribution in [0.4, 0.5) is 0 Å². The summed E-state index contributed by atoms with van der Waals surface area (Å²) in [6.07, 6.45) is 0. The average molecular weight is 118 g/mol. The molecule has 0 aliphatic rings. The Morgan fingerprint density at radius 2 is 2.67 bits per heavy atom. The van der Waals surface area contributed by atoms with Crippen molar-refractivity contribution in [3.05, 3.63) is 5.38 Å². The molecule has 0 aliphatic heterocycles. The normalized spacial score (nSPS) is 8.83. The number of hydrogen-bond donors (Lipinski definition) is 0. The molecule has 2 nitrogen and oxygen atoms in total. The molecule has 0 saturated heterocycles. The van der Waals surface area contributed by atoms with Crippen LogP contribution in [0, 0.1) is 0 Å². The predicted octanol–water partition coefficient (Wildman–Crippen LogP) is 0.0385. The smallest absolute Gasteiger partial charge is 0.0919 e. The van der Waals surface area contributed by atoms with E-state index in [2.05, 4.69) is 18.8 Å². The maximum absolute atomic E-state index is 3.65. The zero-order chi connectivity index (χ0) is 4.41. The van der Waals surface area contributed by atoms with Crippen LogP contribution in [0.5, 0.6) is 0 Å². The zero-order valence-corrected chi connectivity index (χ0v) is 4.93. The van der Waals surface area contributed by atoms with E-state index in [0.717, 1.165) is 5.44 Å². The monoisotopic (exact) mass is 118 g/mol. The Balaban J connectivity index is 3.05. The van der Waals surface area contributed by atoms with Crippen LogP contribution in [-0.4, -0.2) is 9.59 Å². The maximum atomic E-state index is 3.65. The van der Waals surface area contributed by atoms with Crippen molar-refractivity contribution < 1.29 is 0 Å². The van der Waals surface area contributed by atoms with Gasteiger partial charge in [0.2, 0.25) is 0 Å². The van der Waals surface area contributed by atoms with Crippen LogP contribution in [0.25, 0.3) is 0 Å². The van der Waals surface area contributed by atoms with Crippen LogP contribution < -0.4 is 5.44 Å². The Labute approximate surface area is 42.0 Å². The SMILES string of the molecule is Pc1csnn1. The minimum atomic E-state index is 0.917. The molecule has 0 amide bonds. The van der Waals surface area contributed by atoms with Crippen molar-refractivity contribution in [3.8, 4) is 0 Å². The van der Waals surface area contributed by atoms with Gasteiger partial charge in [-0.05, 0) is 11.5 Å². The predicted molar refractivity (Wildman–Crippen MR) is 29.3 cm³/mol. The second-order valence-electron chi connectivity index (χ2n) is 0.830. The van der Waals surface area contributed by atoms with Gasteiger partial charge in [-0.25, -0.2) is 0 Å². The molecule has 0 bridgehead atoms. The topological polar surface area (TPSA) is 25.8 Å². The highest BCUT2D eigenvalue weighted by molar-refractivity contribution is 7.28. The van der Waals surface area contributed by atoms with Crippen molar-refractivity contribution in [1.29, 1.82) is 0 Å². The quantitative estimate of drug-likeness (QED) is 0.449. The third kappa shape index (κ3) is 0.730. The molecule has 1 aromatic rings. The standard InChI is InChI=1S/C2H3N2PS/c5-2-1-6-4-3-2/h1H,5H2. The first kappa shape index (κ1) is 4.16. The summed E-state index contributed by atoms with van der Waals surface area (Å²) in [5, 5.41) is 5.51. The van der Waals surface area contributed by atoms with E-state index in [9.17, 15) is 0 Å². The molecular formula is C2H3N2PS. The van der Waals surface area contributed by atoms with E-state index in [-0.39, 0.29) is 0 Å². The number of hydrogen-bond acceptors (Lipinski definition) is 3. The second-order valence-corrected chi connectivity index (χ2v) is 2.03. The summed E-state index contributed by atoms with van der Waals surface area (Å²) in [7, 11) is 2.45. The first-order chi connectivity index (χ1) is 2.89. The van der Waals surface area contributed by atoms with Crippen molar-refractivity contribution in [2.24, 2.45) is 0 Å². The lowest BCUT2D eigenvalue weighted by Crippen LogP contribution is -1.85. The minimum absolute atomic E-state index is 0.917. The van der Waals surface area contributed by atoms with E-state index in [1.165, 1.54) is 11.5 Å². The van der Waals surface area contributed by atoms with E-state index in [4.69, 9.17) is 0 Å². The van der Waals surface area contributed by atoms with E-state index in [1.54, 1.807) is 0 Å². The van der Waals surface area contributed by atoms with Crippen molar-refractivity contribution in [2.75, 3.05) is 0 Å². The Kier molecular flexibility index (Phi) is 1.13. The fourth-order valence-electron chi connectivity index (χ4n) is 0.172. The van der Waals surface area contributed by atoms with Gasteiger partial charge in [-0.2, -0.15) is 0 Å². The van der Waals surface area contributed by atoms with Crippen LogP contribution in [0.2, 0.25) is 0 Å². The fourth-order valence-corrected chi connectivity index (χ4v) is 0.840. The van der Waals surface area contributed by atoms with Gasteiger partial charge in [0.25, 0.3) is 0 Å². The van der Waals surface area contributed by atoms with Crippen LogP contribution in [0.1, 0.15) is 0 Å². The molecule has 1 rings (SSSR count). The average Bonchev–Trinajstić information content (AvgIpc) is 1.86. The van der Waals surface area contributed by atoms with Gasteiger partial charge < -0.3 is 0 Å². The lowest BCUT2D eigenvalue weighted by Gasteiger charge is -1.61. The molecule has 32 valence electrons. The van der Waals surface area contributed by atoms with Crippen LogP contribution in [0.3, 0.4) is 0 Å². The lowest BCUT2D eigenvalue weighted by molar-refractivity contribution is 1.19. The van der Waals surface area contributed by atoms with Gasteiger partial charge in [-0.15, -0.1) is 5.10 Å². The molecule has 1 heterocycles. The molecule has 0 N–H and O–H groups in total. The summed E-state index contributed by atoms with van der Waals surface area (Å²) in [4.78, 5) is 0. The van der Waals surface area contributed by atoms with E-state index < -0.39 is 0 Å². The molecule has 0 aromatic carbocycles. The van der Waals surface area contributed by atoms with E-state index in [1.807, 2.05) is 5.38 Å². The molecular weight excluding hydrogens is 115 g/mol. The summed E-state index contributed by atoms with van der Waals surface area (Å²) in [6, 6.07) is 0. The Hall–Kier alpha value is -0.0100. The van der Waals surface area contributed by atoms with Gasteiger partial charge in [0.05, 0.1) is 5.44 Å². The molecule has 0 aliphatic carbocycles. The molecule has 0 fully saturated rings. The highest BCUT2D eigenvalue weighted by atomic mass is 32.1. The Morgan fingerprint density at radius 3 is 2.83 bits per heavy atom. The van der Waals surface area contributed by atoms with Crippen molar-refractivity contribution >= 4 is 26.2 Å². The summed E-state index contributed by atoms with van der Waals surface area (Å²) in [5.41, 5.74) is 0.917. The van der Waals surface area contributed by atoms with Crippen molar-refractivity contribution in [3.63, 3.8) is 0 Å². The highest BCUT2D eigenvalue weighted by Crippen LogP contribution is 1.84. The zero-order valence-electron chi connectivity index (χ0n) is 2.96. The minimum Gasteiger partial charge on any atom is -0.139 e. The first-order valence-corrected chi connectivity index (χ1v) is 2.83. The molecule has 0 spiro atoms. The maximum Gasteiger partial charge on any atom is 0.0919 e. The Morgan fingerprint density at radius 1 is 1.83 bits per heavy atom. The summed E-state index contributed by atoms with van der Waals surface area (Å²) in [6.45, 7) is 0. The van der Waals surface area contributed by atoms with Gasteiger partial charge in [0.15, 0.2) is 0 Å². The molecule has 0 saturated carbocycles. The molecule has 4 heteroatoms. The Bertz CT molecular complexity index is 115. The highest BCUT2D eigenvalue weighted by Gasteiger charge is 1.78. The fraction of sp³-hybridized carbons (Fsp3) is 0. The summed E-state index contributed by atoms with van der Waals surface area (Å²) in [5.74, 6) is 0.